The van der Waals surface area contributed by atoms with Crippen LogP contribution in [0.25, 0.3) is 0 Å². The van der Waals surface area contributed by atoms with Gasteiger partial charge in [0.05, 0.1) is 0 Å². The van der Waals surface area contributed by atoms with Gasteiger partial charge >= 0.3 is 0 Å². The molecule has 2 fully saturated rings. The summed E-state index contributed by atoms with van der Waals surface area (Å²) in [7, 11) is 0. The van der Waals surface area contributed by atoms with Crippen LogP contribution in [0.3, 0.4) is 0 Å². The molecule has 2 aliphatic heterocycles. The van der Waals surface area contributed by atoms with Gasteiger partial charge in [-0.3, -0.25) is 4.90 Å². The smallest absolute Gasteiger partial charge is 0.185 e. The van der Waals surface area contributed by atoms with Crippen LogP contribution in [0, 0.1) is 5.41 Å². The van der Waals surface area contributed by atoms with Gasteiger partial charge in [0.15, 0.2) is 5.13 Å². The second-order valence-corrected chi connectivity index (χ2v) is 8.12. The van der Waals surface area contributed by atoms with Gasteiger partial charge in [-0.05, 0) is 38.6 Å². The van der Waals surface area contributed by atoms with Crippen molar-refractivity contribution in [2.24, 2.45) is 5.41 Å². The van der Waals surface area contributed by atoms with E-state index in [1.54, 1.807) is 0 Å². The molecule has 1 N–H and O–H groups in total. The van der Waals surface area contributed by atoms with E-state index in [0.29, 0.717) is 6.61 Å². The number of piperidine rings is 1. The Morgan fingerprint density at radius 2 is 2.09 bits per heavy atom. The summed E-state index contributed by atoms with van der Waals surface area (Å²) in [5.41, 5.74) is 0.134. The van der Waals surface area contributed by atoms with E-state index in [-0.39, 0.29) is 5.41 Å². The first-order valence-corrected chi connectivity index (χ1v) is 9.59. The van der Waals surface area contributed by atoms with Gasteiger partial charge in [-0.15, -0.1) is 11.3 Å². The Morgan fingerprint density at radius 1 is 1.27 bits per heavy atom. The van der Waals surface area contributed by atoms with E-state index in [1.807, 2.05) is 11.3 Å². The largest absolute Gasteiger partial charge is 0.396 e. The summed E-state index contributed by atoms with van der Waals surface area (Å²) < 4.78 is 0. The molecule has 0 aromatic carbocycles. The third-order valence-electron chi connectivity index (χ3n) is 5.15. The van der Waals surface area contributed by atoms with E-state index >= 15 is 0 Å². The summed E-state index contributed by atoms with van der Waals surface area (Å²) in [5.74, 6) is 0. The van der Waals surface area contributed by atoms with Crippen molar-refractivity contribution in [3.05, 3.63) is 11.1 Å². The number of aliphatic hydroxyl groups excluding tert-OH is 1. The van der Waals surface area contributed by atoms with Gasteiger partial charge in [-0.1, -0.05) is 13.3 Å². The molecule has 1 aromatic heterocycles. The monoisotopic (exact) mass is 323 g/mol. The maximum absolute atomic E-state index is 9.86. The molecule has 5 heteroatoms. The van der Waals surface area contributed by atoms with Gasteiger partial charge in [0.25, 0.3) is 0 Å². The lowest BCUT2D eigenvalue weighted by molar-refractivity contribution is 0.0220. The molecule has 0 bridgehead atoms. The van der Waals surface area contributed by atoms with E-state index in [2.05, 4.69) is 27.9 Å². The molecule has 0 amide bonds. The summed E-state index contributed by atoms with van der Waals surface area (Å²) in [6.45, 7) is 8.08. The summed E-state index contributed by atoms with van der Waals surface area (Å²) in [5, 5.41) is 11.1. The van der Waals surface area contributed by atoms with Crippen molar-refractivity contribution in [1.29, 1.82) is 0 Å². The number of aromatic nitrogens is 1. The first kappa shape index (κ1) is 16.2. The van der Waals surface area contributed by atoms with Crippen LogP contribution in [0.5, 0.6) is 0 Å². The molecule has 124 valence electrons. The number of rotatable bonds is 6. The zero-order valence-corrected chi connectivity index (χ0v) is 14.6. The van der Waals surface area contributed by atoms with Crippen LogP contribution >= 0.6 is 11.3 Å². The predicted molar refractivity (Wildman–Crippen MR) is 92.5 cm³/mol. The average Bonchev–Trinajstić information content (AvgIpc) is 3.19. The van der Waals surface area contributed by atoms with E-state index in [9.17, 15) is 5.11 Å². The van der Waals surface area contributed by atoms with E-state index in [1.165, 1.54) is 48.8 Å². The fourth-order valence-corrected chi connectivity index (χ4v) is 5.04. The van der Waals surface area contributed by atoms with Crippen molar-refractivity contribution < 1.29 is 5.11 Å². The molecule has 2 aliphatic rings. The van der Waals surface area contributed by atoms with Gasteiger partial charge in [-0.25, -0.2) is 4.98 Å². The molecule has 22 heavy (non-hydrogen) atoms. The molecule has 1 unspecified atom stereocenters. The first-order chi connectivity index (χ1) is 10.7. The van der Waals surface area contributed by atoms with Gasteiger partial charge < -0.3 is 10.0 Å². The fourth-order valence-electron chi connectivity index (χ4n) is 4.03. The number of thiazole rings is 1. The second-order valence-electron chi connectivity index (χ2n) is 7.03. The minimum Gasteiger partial charge on any atom is -0.396 e. The molecule has 3 rings (SSSR count). The van der Waals surface area contributed by atoms with E-state index in [4.69, 9.17) is 0 Å². The van der Waals surface area contributed by atoms with Crippen molar-refractivity contribution >= 4 is 16.5 Å². The normalized spacial score (nSPS) is 26.7. The van der Waals surface area contributed by atoms with Gasteiger partial charge in [0.2, 0.25) is 0 Å². The average molecular weight is 324 g/mol. The predicted octanol–water partition coefficient (Wildman–Crippen LogP) is 3.12. The molecule has 4 nitrogen and oxygen atoms in total. The Labute approximate surface area is 138 Å². The number of hydrogen-bond donors (Lipinski definition) is 1. The molecule has 0 saturated carbocycles. The van der Waals surface area contributed by atoms with Gasteiger partial charge in [0, 0.05) is 49.3 Å². The summed E-state index contributed by atoms with van der Waals surface area (Å²) in [6.07, 6.45) is 9.35. The van der Waals surface area contributed by atoms with Crippen molar-refractivity contribution in [3.8, 4) is 0 Å². The van der Waals surface area contributed by atoms with E-state index < -0.39 is 0 Å². The quantitative estimate of drug-likeness (QED) is 0.873. The highest BCUT2D eigenvalue weighted by atomic mass is 32.1. The van der Waals surface area contributed by atoms with Crippen LogP contribution in [-0.4, -0.2) is 47.8 Å². The molecule has 0 radical (unpaired) electrons. The van der Waals surface area contributed by atoms with Crippen LogP contribution in [0.15, 0.2) is 6.20 Å². The van der Waals surface area contributed by atoms with Crippen LogP contribution in [0.1, 0.15) is 50.3 Å². The Kier molecular flexibility index (Phi) is 5.37. The zero-order chi connectivity index (χ0) is 15.4. The lowest BCUT2D eigenvalue weighted by Crippen LogP contribution is -2.44. The molecule has 2 saturated heterocycles. The maximum atomic E-state index is 9.86. The first-order valence-electron chi connectivity index (χ1n) is 8.77. The highest BCUT2D eigenvalue weighted by molar-refractivity contribution is 7.15. The Hall–Kier alpha value is -0.650. The van der Waals surface area contributed by atoms with E-state index in [0.717, 1.165) is 32.5 Å². The standard InChI is InChI=1S/C17H29N3OS/c1-2-6-17(14-21)7-5-8-19(13-17)12-15-11-18-16(22-15)20-9-3-4-10-20/h11,21H,2-10,12-14H2,1H3. The number of anilines is 1. The fraction of sp³-hybridized carbons (Fsp3) is 0.824. The summed E-state index contributed by atoms with van der Waals surface area (Å²) in [6, 6.07) is 0. The van der Waals surface area contributed by atoms with Crippen molar-refractivity contribution in [3.63, 3.8) is 0 Å². The van der Waals surface area contributed by atoms with Gasteiger partial charge in [-0.2, -0.15) is 0 Å². The van der Waals surface area contributed by atoms with Crippen molar-refractivity contribution in [1.82, 2.24) is 9.88 Å². The van der Waals surface area contributed by atoms with Crippen molar-refractivity contribution in [2.75, 3.05) is 37.7 Å². The molecule has 0 aliphatic carbocycles. The number of likely N-dealkylation sites (tertiary alicyclic amines) is 1. The topological polar surface area (TPSA) is 39.6 Å². The third kappa shape index (κ3) is 3.63. The maximum Gasteiger partial charge on any atom is 0.185 e. The molecule has 3 heterocycles. The highest BCUT2D eigenvalue weighted by Crippen LogP contribution is 2.35. The Morgan fingerprint density at radius 3 is 2.82 bits per heavy atom. The Bertz CT molecular complexity index is 468. The third-order valence-corrected chi connectivity index (χ3v) is 6.20. The SMILES string of the molecule is CCCC1(CO)CCCN(Cc2cnc(N3CCCC3)s2)C1. The molecular formula is C17H29N3OS. The lowest BCUT2D eigenvalue weighted by atomic mass is 9.77. The summed E-state index contributed by atoms with van der Waals surface area (Å²) in [4.78, 5) is 10.9. The van der Waals surface area contributed by atoms with Crippen LogP contribution in [-0.2, 0) is 6.54 Å². The van der Waals surface area contributed by atoms with Crippen LogP contribution in [0.4, 0.5) is 5.13 Å². The second kappa shape index (κ2) is 7.28. The lowest BCUT2D eigenvalue weighted by Gasteiger charge is -2.41. The molecule has 0 spiro atoms. The van der Waals surface area contributed by atoms with Crippen LogP contribution < -0.4 is 4.90 Å². The minimum absolute atomic E-state index is 0.134. The number of aliphatic hydroxyl groups is 1. The van der Waals surface area contributed by atoms with Crippen molar-refractivity contribution in [2.45, 2.75) is 52.0 Å². The Balaban J connectivity index is 1.60. The molecular weight excluding hydrogens is 294 g/mol. The number of hydrogen-bond acceptors (Lipinski definition) is 5. The van der Waals surface area contributed by atoms with Crippen LogP contribution in [0.2, 0.25) is 0 Å². The molecule has 1 aromatic rings. The highest BCUT2D eigenvalue weighted by Gasteiger charge is 2.34. The molecule has 1 atom stereocenters. The minimum atomic E-state index is 0.134. The zero-order valence-electron chi connectivity index (χ0n) is 13.8. The summed E-state index contributed by atoms with van der Waals surface area (Å²) >= 11 is 1.86. The van der Waals surface area contributed by atoms with Gasteiger partial charge in [0.1, 0.15) is 0 Å². The number of nitrogens with zero attached hydrogens (tertiary/aromatic N) is 3.